The van der Waals surface area contributed by atoms with Crippen LogP contribution >= 0.6 is 0 Å². The van der Waals surface area contributed by atoms with Crippen LogP contribution < -0.4 is 5.73 Å². The summed E-state index contributed by atoms with van der Waals surface area (Å²) in [5.41, 5.74) is 7.76. The van der Waals surface area contributed by atoms with Crippen LogP contribution in [-0.2, 0) is 0 Å². The highest BCUT2D eigenvalue weighted by molar-refractivity contribution is 5.39. The van der Waals surface area contributed by atoms with Crippen molar-refractivity contribution >= 4 is 0 Å². The second-order valence-electron chi connectivity index (χ2n) is 3.56. The van der Waals surface area contributed by atoms with Crippen molar-refractivity contribution < 1.29 is 0 Å². The van der Waals surface area contributed by atoms with Gasteiger partial charge in [-0.15, -0.1) is 0 Å². The van der Waals surface area contributed by atoms with Crippen LogP contribution in [-0.4, -0.2) is 0 Å². The van der Waals surface area contributed by atoms with Crippen molar-refractivity contribution in [2.45, 2.75) is 18.9 Å². The Morgan fingerprint density at radius 2 is 2.08 bits per heavy atom. The minimum absolute atomic E-state index is 0.0656. The van der Waals surface area contributed by atoms with E-state index in [0.29, 0.717) is 5.92 Å². The number of hydrogen-bond acceptors (Lipinski definition) is 2. The van der Waals surface area contributed by atoms with Crippen LogP contribution in [0.1, 0.15) is 30.0 Å². The Hall–Kier alpha value is -1.33. The first kappa shape index (κ1) is 8.28. The lowest BCUT2D eigenvalue weighted by Gasteiger charge is -2.11. The third kappa shape index (κ3) is 1.56. The highest BCUT2D eigenvalue weighted by atomic mass is 14.7. The molecule has 0 aromatic heterocycles. The highest BCUT2D eigenvalue weighted by Gasteiger charge is 2.30. The van der Waals surface area contributed by atoms with Crippen molar-refractivity contribution in [3.63, 3.8) is 0 Å². The molecule has 66 valence electrons. The number of nitrogens with zero attached hydrogens (tertiary/aromatic N) is 1. The van der Waals surface area contributed by atoms with Crippen LogP contribution in [0.25, 0.3) is 0 Å². The van der Waals surface area contributed by atoms with E-state index in [2.05, 4.69) is 6.07 Å². The maximum absolute atomic E-state index is 8.86. The molecule has 2 heteroatoms. The Morgan fingerprint density at radius 3 is 2.69 bits per heavy atom. The Balaban J connectivity index is 2.32. The fourth-order valence-electron chi connectivity index (χ4n) is 1.60. The zero-order chi connectivity index (χ0) is 9.26. The average molecular weight is 172 g/mol. The summed E-state index contributed by atoms with van der Waals surface area (Å²) >= 11 is 0. The van der Waals surface area contributed by atoms with E-state index in [1.54, 1.807) is 0 Å². The van der Waals surface area contributed by atoms with Crippen LogP contribution in [0.3, 0.4) is 0 Å². The topological polar surface area (TPSA) is 49.8 Å². The van der Waals surface area contributed by atoms with Gasteiger partial charge >= 0.3 is 0 Å². The Bertz CT molecular complexity index is 347. The van der Waals surface area contributed by atoms with E-state index in [9.17, 15) is 0 Å². The standard InChI is InChI=1S/C11H12N2/c12-7-9-3-1-2-4-10(9)11(13)8-5-6-8/h1-4,8,11H,5-6,13H2. The Kier molecular flexibility index (Phi) is 2.03. The summed E-state index contributed by atoms with van der Waals surface area (Å²) in [6.07, 6.45) is 2.42. The molecule has 2 rings (SSSR count). The summed E-state index contributed by atoms with van der Waals surface area (Å²) in [5, 5.41) is 8.86. The monoisotopic (exact) mass is 172 g/mol. The van der Waals surface area contributed by atoms with Gasteiger partial charge in [0.15, 0.2) is 0 Å². The lowest BCUT2D eigenvalue weighted by Crippen LogP contribution is -2.13. The normalized spacial score (nSPS) is 17.8. The molecule has 1 unspecified atom stereocenters. The van der Waals surface area contributed by atoms with Gasteiger partial charge in [-0.2, -0.15) is 5.26 Å². The Morgan fingerprint density at radius 1 is 1.38 bits per heavy atom. The van der Waals surface area contributed by atoms with Crippen molar-refractivity contribution in [2.75, 3.05) is 0 Å². The third-order valence-corrected chi connectivity index (χ3v) is 2.57. The van der Waals surface area contributed by atoms with Gasteiger partial charge in [0.25, 0.3) is 0 Å². The smallest absolute Gasteiger partial charge is 0.0995 e. The number of nitriles is 1. The second-order valence-corrected chi connectivity index (χ2v) is 3.56. The van der Waals surface area contributed by atoms with Gasteiger partial charge in [-0.1, -0.05) is 18.2 Å². The van der Waals surface area contributed by atoms with Gasteiger partial charge < -0.3 is 5.73 Å². The zero-order valence-electron chi connectivity index (χ0n) is 7.40. The number of benzene rings is 1. The molecule has 0 saturated heterocycles. The van der Waals surface area contributed by atoms with Crippen molar-refractivity contribution in [1.82, 2.24) is 0 Å². The van der Waals surface area contributed by atoms with Crippen molar-refractivity contribution in [3.8, 4) is 6.07 Å². The fraction of sp³-hybridized carbons (Fsp3) is 0.364. The van der Waals surface area contributed by atoms with E-state index in [1.165, 1.54) is 12.8 Å². The lowest BCUT2D eigenvalue weighted by molar-refractivity contribution is 0.632. The predicted molar refractivity (Wildman–Crippen MR) is 50.8 cm³/mol. The second kappa shape index (κ2) is 3.20. The molecule has 0 aliphatic heterocycles. The zero-order valence-corrected chi connectivity index (χ0v) is 7.40. The molecule has 0 radical (unpaired) electrons. The molecule has 2 N–H and O–H groups in total. The van der Waals surface area contributed by atoms with Gasteiger partial charge in [0.2, 0.25) is 0 Å². The molecule has 1 aliphatic carbocycles. The molecule has 2 nitrogen and oxygen atoms in total. The predicted octanol–water partition coefficient (Wildman–Crippen LogP) is 1.97. The minimum Gasteiger partial charge on any atom is -0.324 e. The molecule has 0 spiro atoms. The van der Waals surface area contributed by atoms with E-state index in [0.717, 1.165) is 11.1 Å². The van der Waals surface area contributed by atoms with Gasteiger partial charge in [-0.05, 0) is 30.4 Å². The van der Waals surface area contributed by atoms with E-state index < -0.39 is 0 Å². The molecule has 1 aromatic rings. The number of rotatable bonds is 2. The van der Waals surface area contributed by atoms with Gasteiger partial charge in [0, 0.05) is 6.04 Å². The van der Waals surface area contributed by atoms with Gasteiger partial charge in [0.1, 0.15) is 0 Å². The van der Waals surface area contributed by atoms with E-state index in [-0.39, 0.29) is 6.04 Å². The van der Waals surface area contributed by atoms with Crippen LogP contribution in [0.5, 0.6) is 0 Å². The quantitative estimate of drug-likeness (QED) is 0.741. The molecule has 0 amide bonds. The molecule has 1 fully saturated rings. The van der Waals surface area contributed by atoms with Gasteiger partial charge in [-0.3, -0.25) is 0 Å². The molecule has 1 aliphatic rings. The summed E-state index contributed by atoms with van der Waals surface area (Å²) in [5.74, 6) is 0.606. The van der Waals surface area contributed by atoms with Gasteiger partial charge in [-0.25, -0.2) is 0 Å². The molecule has 1 atom stereocenters. The van der Waals surface area contributed by atoms with Gasteiger partial charge in [0.05, 0.1) is 11.6 Å². The highest BCUT2D eigenvalue weighted by Crippen LogP contribution is 2.40. The molecule has 1 saturated carbocycles. The molecule has 13 heavy (non-hydrogen) atoms. The first-order valence-corrected chi connectivity index (χ1v) is 4.57. The van der Waals surface area contributed by atoms with Crippen LogP contribution in [0.15, 0.2) is 24.3 Å². The van der Waals surface area contributed by atoms with Crippen LogP contribution in [0.4, 0.5) is 0 Å². The van der Waals surface area contributed by atoms with E-state index in [4.69, 9.17) is 11.0 Å². The summed E-state index contributed by atoms with van der Waals surface area (Å²) < 4.78 is 0. The van der Waals surface area contributed by atoms with Crippen molar-refractivity contribution in [1.29, 1.82) is 5.26 Å². The van der Waals surface area contributed by atoms with E-state index >= 15 is 0 Å². The third-order valence-electron chi connectivity index (χ3n) is 2.57. The first-order chi connectivity index (χ1) is 6.33. The molecule has 0 heterocycles. The molecule has 1 aromatic carbocycles. The summed E-state index contributed by atoms with van der Waals surface area (Å²) in [6, 6.07) is 9.86. The minimum atomic E-state index is 0.0656. The Labute approximate surface area is 78.0 Å². The SMILES string of the molecule is N#Cc1ccccc1C(N)C1CC1. The molecular weight excluding hydrogens is 160 g/mol. The number of nitrogens with two attached hydrogens (primary N) is 1. The van der Waals surface area contributed by atoms with Crippen LogP contribution in [0, 0.1) is 17.2 Å². The number of hydrogen-bond donors (Lipinski definition) is 1. The van der Waals surface area contributed by atoms with E-state index in [1.807, 2.05) is 24.3 Å². The molecule has 0 bridgehead atoms. The lowest BCUT2D eigenvalue weighted by atomic mass is 9.98. The summed E-state index contributed by atoms with van der Waals surface area (Å²) in [7, 11) is 0. The fourth-order valence-corrected chi connectivity index (χ4v) is 1.60. The van der Waals surface area contributed by atoms with Crippen molar-refractivity contribution in [3.05, 3.63) is 35.4 Å². The van der Waals surface area contributed by atoms with Crippen LogP contribution in [0.2, 0.25) is 0 Å². The maximum atomic E-state index is 8.86. The largest absolute Gasteiger partial charge is 0.324 e. The molecular formula is C11H12N2. The summed E-state index contributed by atoms with van der Waals surface area (Å²) in [6.45, 7) is 0. The summed E-state index contributed by atoms with van der Waals surface area (Å²) in [4.78, 5) is 0. The van der Waals surface area contributed by atoms with Crippen molar-refractivity contribution in [2.24, 2.45) is 11.7 Å². The maximum Gasteiger partial charge on any atom is 0.0995 e. The first-order valence-electron chi connectivity index (χ1n) is 4.57. The average Bonchev–Trinajstić information content (AvgIpc) is 3.00.